The Morgan fingerprint density at radius 3 is 2.36 bits per heavy atom. The minimum Gasteiger partial charge on any atom is -0.480 e. The first-order chi connectivity index (χ1) is 6.44. The predicted molar refractivity (Wildman–Crippen MR) is 56.7 cm³/mol. The van der Waals surface area contributed by atoms with E-state index in [9.17, 15) is 9.00 Å². The molecule has 0 aliphatic heterocycles. The van der Waals surface area contributed by atoms with Crippen LogP contribution in [-0.2, 0) is 15.6 Å². The van der Waals surface area contributed by atoms with Crippen molar-refractivity contribution in [2.45, 2.75) is 44.3 Å². The van der Waals surface area contributed by atoms with Gasteiger partial charge in [-0.15, -0.1) is 0 Å². The molecule has 1 fully saturated rings. The van der Waals surface area contributed by atoms with Crippen LogP contribution in [0.4, 0.5) is 0 Å². The second-order valence-corrected chi connectivity index (χ2v) is 6.52. The average Bonchev–Trinajstić information content (AvgIpc) is 2.56. The lowest BCUT2D eigenvalue weighted by Gasteiger charge is -2.20. The molecule has 0 bridgehead atoms. The highest BCUT2D eigenvalue weighted by molar-refractivity contribution is 7.87. The molecule has 82 valence electrons. The number of carboxylic acid groups (broad SMARTS) is 1. The first-order valence-electron chi connectivity index (χ1n) is 5.06. The molecule has 0 spiro atoms. The van der Waals surface area contributed by atoms with Gasteiger partial charge in [-0.25, -0.2) is 0 Å². The highest BCUT2D eigenvalue weighted by Crippen LogP contribution is 2.27. The van der Waals surface area contributed by atoms with Crippen LogP contribution in [0.15, 0.2) is 0 Å². The van der Waals surface area contributed by atoms with E-state index >= 15 is 0 Å². The molecule has 0 heterocycles. The molecule has 0 aromatic carbocycles. The Balaban J connectivity index is 2.52. The molecule has 1 rings (SSSR count). The van der Waals surface area contributed by atoms with Crippen LogP contribution in [0.2, 0.25) is 0 Å². The van der Waals surface area contributed by atoms with Gasteiger partial charge in [0.1, 0.15) is 4.75 Å². The Morgan fingerprint density at radius 1 is 1.43 bits per heavy atom. The van der Waals surface area contributed by atoms with Gasteiger partial charge in [-0.2, -0.15) is 0 Å². The Labute approximate surface area is 87.3 Å². The first kappa shape index (κ1) is 11.7. The third-order valence-electron chi connectivity index (χ3n) is 2.95. The van der Waals surface area contributed by atoms with Gasteiger partial charge >= 0.3 is 5.97 Å². The molecule has 0 amide bonds. The summed E-state index contributed by atoms with van der Waals surface area (Å²) in [4.78, 5) is 10.8. The number of carboxylic acids is 1. The largest absolute Gasteiger partial charge is 0.480 e. The molecular weight excluding hydrogens is 200 g/mol. The van der Waals surface area contributed by atoms with Gasteiger partial charge in [-0.3, -0.25) is 9.00 Å². The molecule has 1 aliphatic rings. The Bertz CT molecular complexity index is 242. The highest BCUT2D eigenvalue weighted by atomic mass is 32.2. The molecule has 1 unspecified atom stereocenters. The van der Waals surface area contributed by atoms with E-state index in [0.717, 1.165) is 12.8 Å². The Morgan fingerprint density at radius 2 is 1.93 bits per heavy atom. The molecule has 0 radical (unpaired) electrons. The minimum atomic E-state index is -1.25. The van der Waals surface area contributed by atoms with Gasteiger partial charge in [0, 0.05) is 16.6 Å². The quantitative estimate of drug-likeness (QED) is 0.782. The summed E-state index contributed by atoms with van der Waals surface area (Å²) in [5, 5.41) is 8.89. The number of hydrogen-bond donors (Lipinski definition) is 1. The zero-order valence-electron chi connectivity index (χ0n) is 8.78. The van der Waals surface area contributed by atoms with Crippen molar-refractivity contribution >= 4 is 16.8 Å². The zero-order chi connectivity index (χ0) is 10.8. The molecule has 1 atom stereocenters. The second kappa shape index (κ2) is 4.43. The van der Waals surface area contributed by atoms with E-state index in [1.807, 2.05) is 0 Å². The number of hydrogen-bond acceptors (Lipinski definition) is 2. The van der Waals surface area contributed by atoms with Crippen molar-refractivity contribution in [3.8, 4) is 0 Å². The highest BCUT2D eigenvalue weighted by Gasteiger charge is 2.35. The number of aliphatic carboxylic acids is 1. The summed E-state index contributed by atoms with van der Waals surface area (Å²) in [5.41, 5.74) is 0. The molecule has 3 nitrogen and oxygen atoms in total. The van der Waals surface area contributed by atoms with Crippen molar-refractivity contribution in [1.82, 2.24) is 0 Å². The summed E-state index contributed by atoms with van der Waals surface area (Å²) in [6.07, 6.45) is 4.63. The summed E-state index contributed by atoms with van der Waals surface area (Å²) >= 11 is 0. The fourth-order valence-corrected chi connectivity index (χ4v) is 3.07. The van der Waals surface area contributed by atoms with E-state index in [1.54, 1.807) is 13.8 Å². The standard InChI is InChI=1S/C10H18O3S/c1-10(2,9(11)12)14(13)7-8-5-3-4-6-8/h8H,3-7H2,1-2H3,(H,11,12). The van der Waals surface area contributed by atoms with Gasteiger partial charge in [0.05, 0.1) is 0 Å². The predicted octanol–water partition coefficient (Wildman–Crippen LogP) is 1.79. The van der Waals surface area contributed by atoms with Crippen molar-refractivity contribution in [3.63, 3.8) is 0 Å². The maximum Gasteiger partial charge on any atom is 0.321 e. The number of rotatable bonds is 4. The van der Waals surface area contributed by atoms with Crippen LogP contribution < -0.4 is 0 Å². The fraction of sp³-hybridized carbons (Fsp3) is 0.900. The van der Waals surface area contributed by atoms with E-state index in [1.165, 1.54) is 12.8 Å². The van der Waals surface area contributed by atoms with Crippen molar-refractivity contribution < 1.29 is 14.1 Å². The maximum atomic E-state index is 11.8. The Hall–Kier alpha value is -0.380. The van der Waals surface area contributed by atoms with Gasteiger partial charge in [0.2, 0.25) is 0 Å². The third-order valence-corrected chi connectivity index (χ3v) is 5.03. The van der Waals surface area contributed by atoms with E-state index < -0.39 is 21.5 Å². The van der Waals surface area contributed by atoms with E-state index in [0.29, 0.717) is 11.7 Å². The monoisotopic (exact) mass is 218 g/mol. The molecule has 1 aliphatic carbocycles. The van der Waals surface area contributed by atoms with Gasteiger partial charge in [-0.05, 0) is 32.6 Å². The zero-order valence-corrected chi connectivity index (χ0v) is 9.60. The van der Waals surface area contributed by atoms with Crippen LogP contribution >= 0.6 is 0 Å². The van der Waals surface area contributed by atoms with Gasteiger partial charge < -0.3 is 5.11 Å². The maximum absolute atomic E-state index is 11.8. The van der Waals surface area contributed by atoms with Crippen LogP contribution in [0, 0.1) is 5.92 Å². The van der Waals surface area contributed by atoms with Crippen molar-refractivity contribution in [2.24, 2.45) is 5.92 Å². The van der Waals surface area contributed by atoms with Gasteiger partial charge in [0.25, 0.3) is 0 Å². The average molecular weight is 218 g/mol. The molecule has 14 heavy (non-hydrogen) atoms. The van der Waals surface area contributed by atoms with Crippen LogP contribution in [0.3, 0.4) is 0 Å². The van der Waals surface area contributed by atoms with Crippen LogP contribution in [0.5, 0.6) is 0 Å². The van der Waals surface area contributed by atoms with Gasteiger partial charge in [0.15, 0.2) is 0 Å². The molecule has 1 N–H and O–H groups in total. The molecule has 1 saturated carbocycles. The summed E-state index contributed by atoms with van der Waals surface area (Å²) < 4.78 is 10.7. The van der Waals surface area contributed by atoms with E-state index in [4.69, 9.17) is 5.11 Å². The van der Waals surface area contributed by atoms with Crippen LogP contribution in [0.1, 0.15) is 39.5 Å². The van der Waals surface area contributed by atoms with Crippen molar-refractivity contribution in [1.29, 1.82) is 0 Å². The third kappa shape index (κ3) is 2.56. The first-order valence-corrected chi connectivity index (χ1v) is 6.38. The summed E-state index contributed by atoms with van der Waals surface area (Å²) in [6, 6.07) is 0. The SMILES string of the molecule is CC(C)(C(=O)O)S(=O)CC1CCCC1. The van der Waals surface area contributed by atoms with Crippen molar-refractivity contribution in [2.75, 3.05) is 5.75 Å². The summed E-state index contributed by atoms with van der Waals surface area (Å²) in [5.74, 6) is 0.0718. The normalized spacial score (nSPS) is 21.0. The lowest BCUT2D eigenvalue weighted by molar-refractivity contribution is -0.139. The van der Waals surface area contributed by atoms with E-state index in [2.05, 4.69) is 0 Å². The molecule has 0 aromatic rings. The molecular formula is C10H18O3S. The second-order valence-electron chi connectivity index (χ2n) is 4.48. The smallest absolute Gasteiger partial charge is 0.321 e. The minimum absolute atomic E-state index is 0.481. The molecule has 0 aromatic heterocycles. The topological polar surface area (TPSA) is 54.4 Å². The molecule has 0 saturated heterocycles. The van der Waals surface area contributed by atoms with Gasteiger partial charge in [-0.1, -0.05) is 12.8 Å². The fourth-order valence-electron chi connectivity index (χ4n) is 1.70. The van der Waals surface area contributed by atoms with Crippen molar-refractivity contribution in [3.05, 3.63) is 0 Å². The van der Waals surface area contributed by atoms with Crippen LogP contribution in [0.25, 0.3) is 0 Å². The number of carbonyl (C=O) groups is 1. The summed E-state index contributed by atoms with van der Waals surface area (Å²) in [6.45, 7) is 3.08. The lowest BCUT2D eigenvalue weighted by Crippen LogP contribution is -2.38. The van der Waals surface area contributed by atoms with Crippen LogP contribution in [-0.4, -0.2) is 25.8 Å². The molecule has 4 heteroatoms. The van der Waals surface area contributed by atoms with E-state index in [-0.39, 0.29) is 0 Å². The lowest BCUT2D eigenvalue weighted by atomic mass is 10.1. The summed E-state index contributed by atoms with van der Waals surface area (Å²) in [7, 11) is -1.25. The Kier molecular flexibility index (Phi) is 3.70.